The first-order valence-corrected chi connectivity index (χ1v) is 9.22. The second-order valence-electron chi connectivity index (χ2n) is 6.20. The zero-order valence-corrected chi connectivity index (χ0v) is 16.1. The van der Waals surface area contributed by atoms with Gasteiger partial charge < -0.3 is 15.7 Å². The third-order valence-corrected chi connectivity index (χ3v) is 4.47. The topological polar surface area (TPSA) is 85.2 Å². The molecule has 0 atom stereocenters. The van der Waals surface area contributed by atoms with Gasteiger partial charge in [-0.3, -0.25) is 4.79 Å². The van der Waals surface area contributed by atoms with Crippen molar-refractivity contribution >= 4 is 23.2 Å². The summed E-state index contributed by atoms with van der Waals surface area (Å²) in [7, 11) is 0. The molecule has 0 bridgehead atoms. The summed E-state index contributed by atoms with van der Waals surface area (Å²) in [6.45, 7) is 0. The lowest BCUT2D eigenvalue weighted by Crippen LogP contribution is -2.30. The predicted molar refractivity (Wildman–Crippen MR) is 113 cm³/mol. The molecule has 5 nitrogen and oxygen atoms in total. The molecule has 0 unspecified atom stereocenters. The van der Waals surface area contributed by atoms with Crippen LogP contribution in [0.25, 0.3) is 0 Å². The Hall–Kier alpha value is -3.75. The molecule has 0 aliphatic carbocycles. The third-order valence-electron chi connectivity index (χ3n) is 4.24. The fraction of sp³-hybridized carbons (Fsp3) is 0.0435. The number of carbonyl (C=O) groups is 1. The number of hydrogen-bond donors (Lipinski definition) is 3. The van der Waals surface area contributed by atoms with Gasteiger partial charge in [-0.15, -0.1) is 0 Å². The van der Waals surface area contributed by atoms with Crippen molar-refractivity contribution in [3.05, 3.63) is 107 Å². The van der Waals surface area contributed by atoms with E-state index in [4.69, 9.17) is 11.6 Å². The van der Waals surface area contributed by atoms with Crippen LogP contribution in [0.5, 0.6) is 5.75 Å². The number of benzene rings is 3. The van der Waals surface area contributed by atoms with Crippen LogP contribution in [0.1, 0.15) is 17.2 Å². The number of anilines is 1. The molecule has 6 heteroatoms. The van der Waals surface area contributed by atoms with Crippen molar-refractivity contribution in [3.63, 3.8) is 0 Å². The second kappa shape index (κ2) is 9.45. The number of rotatable bonds is 6. The summed E-state index contributed by atoms with van der Waals surface area (Å²) < 4.78 is 0. The van der Waals surface area contributed by atoms with Crippen LogP contribution in [-0.2, 0) is 4.79 Å². The number of hydrogen-bond acceptors (Lipinski definition) is 4. The van der Waals surface area contributed by atoms with Gasteiger partial charge in [0.2, 0.25) is 0 Å². The van der Waals surface area contributed by atoms with Crippen molar-refractivity contribution in [3.8, 4) is 11.8 Å². The highest BCUT2D eigenvalue weighted by molar-refractivity contribution is 6.30. The molecule has 1 amide bonds. The SMILES string of the molecule is N#C/C(=C/Nc1cc(Cl)ccc1O)C(=O)NC(c1ccccc1)c1ccccc1. The number of aromatic hydroxyl groups is 1. The van der Waals surface area contributed by atoms with Gasteiger partial charge in [0, 0.05) is 11.2 Å². The maximum Gasteiger partial charge on any atom is 0.264 e. The Balaban J connectivity index is 1.84. The van der Waals surface area contributed by atoms with Crippen LogP contribution in [0.4, 0.5) is 5.69 Å². The van der Waals surface area contributed by atoms with E-state index in [1.165, 1.54) is 24.4 Å². The van der Waals surface area contributed by atoms with Crippen LogP contribution in [0.2, 0.25) is 5.02 Å². The molecule has 3 aromatic carbocycles. The lowest BCUT2D eigenvalue weighted by molar-refractivity contribution is -0.117. The lowest BCUT2D eigenvalue weighted by Gasteiger charge is -2.19. The van der Waals surface area contributed by atoms with E-state index in [-0.39, 0.29) is 11.3 Å². The maximum absolute atomic E-state index is 12.8. The highest BCUT2D eigenvalue weighted by atomic mass is 35.5. The van der Waals surface area contributed by atoms with Crippen LogP contribution in [-0.4, -0.2) is 11.0 Å². The summed E-state index contributed by atoms with van der Waals surface area (Å²) in [5, 5.41) is 25.4. The first-order chi connectivity index (χ1) is 14.1. The van der Waals surface area contributed by atoms with Crippen LogP contribution >= 0.6 is 11.6 Å². The summed E-state index contributed by atoms with van der Waals surface area (Å²) in [6.07, 6.45) is 1.24. The average molecular weight is 404 g/mol. The highest BCUT2D eigenvalue weighted by Gasteiger charge is 2.19. The van der Waals surface area contributed by atoms with Gasteiger partial charge in [0.05, 0.1) is 11.7 Å². The first kappa shape index (κ1) is 20.0. The molecule has 3 rings (SSSR count). The zero-order valence-electron chi connectivity index (χ0n) is 15.3. The van der Waals surface area contributed by atoms with Crippen molar-refractivity contribution in [2.24, 2.45) is 0 Å². The van der Waals surface area contributed by atoms with Crippen molar-refractivity contribution in [2.75, 3.05) is 5.32 Å². The second-order valence-corrected chi connectivity index (χ2v) is 6.64. The Morgan fingerprint density at radius 1 is 1.00 bits per heavy atom. The first-order valence-electron chi connectivity index (χ1n) is 8.84. The van der Waals surface area contributed by atoms with Crippen molar-refractivity contribution in [1.82, 2.24) is 5.32 Å². The molecule has 144 valence electrons. The Morgan fingerprint density at radius 3 is 2.14 bits per heavy atom. The predicted octanol–water partition coefficient (Wildman–Crippen LogP) is 4.77. The van der Waals surface area contributed by atoms with Crippen LogP contribution in [0.3, 0.4) is 0 Å². The van der Waals surface area contributed by atoms with Gasteiger partial charge in [0.15, 0.2) is 0 Å². The summed E-state index contributed by atoms with van der Waals surface area (Å²) >= 11 is 5.92. The minimum atomic E-state index is -0.542. The van der Waals surface area contributed by atoms with Crippen LogP contribution < -0.4 is 10.6 Å². The standard InChI is InChI=1S/C23H18ClN3O2/c24-19-11-12-21(28)20(13-19)26-15-18(14-25)23(29)27-22(16-7-3-1-4-8-16)17-9-5-2-6-10-17/h1-13,15,22,26,28H,(H,27,29)/b18-15-. The van der Waals surface area contributed by atoms with Crippen molar-refractivity contribution in [1.29, 1.82) is 5.26 Å². The molecule has 0 heterocycles. The minimum absolute atomic E-state index is 0.0465. The van der Waals surface area contributed by atoms with E-state index < -0.39 is 11.9 Å². The number of phenolic OH excluding ortho intramolecular Hbond substituents is 1. The fourth-order valence-corrected chi connectivity index (χ4v) is 2.95. The maximum atomic E-state index is 12.8. The van der Waals surface area contributed by atoms with Crippen molar-refractivity contribution in [2.45, 2.75) is 6.04 Å². The van der Waals surface area contributed by atoms with E-state index in [0.717, 1.165) is 11.1 Å². The average Bonchev–Trinajstić information content (AvgIpc) is 2.76. The minimum Gasteiger partial charge on any atom is -0.506 e. The smallest absolute Gasteiger partial charge is 0.264 e. The molecule has 0 radical (unpaired) electrons. The molecule has 0 aliphatic heterocycles. The fourth-order valence-electron chi connectivity index (χ4n) is 2.78. The number of nitrogens with zero attached hydrogens (tertiary/aromatic N) is 1. The van der Waals surface area contributed by atoms with E-state index in [2.05, 4.69) is 10.6 Å². The summed E-state index contributed by atoms with van der Waals surface area (Å²) in [5.41, 5.74) is 1.94. The molecule has 3 aromatic rings. The summed E-state index contributed by atoms with van der Waals surface area (Å²) in [6, 6.07) is 24.9. The Morgan fingerprint density at radius 2 is 1.59 bits per heavy atom. The zero-order chi connectivity index (χ0) is 20.6. The van der Waals surface area contributed by atoms with E-state index in [9.17, 15) is 15.2 Å². The Kier molecular flexibility index (Phi) is 6.51. The molecule has 0 fully saturated rings. The van der Waals surface area contributed by atoms with E-state index in [1.807, 2.05) is 66.7 Å². The highest BCUT2D eigenvalue weighted by Crippen LogP contribution is 2.27. The molecule has 0 saturated carbocycles. The number of carbonyl (C=O) groups excluding carboxylic acids is 1. The lowest BCUT2D eigenvalue weighted by atomic mass is 9.98. The number of nitrogens with one attached hydrogen (secondary N) is 2. The van der Waals surface area contributed by atoms with E-state index in [1.54, 1.807) is 0 Å². The van der Waals surface area contributed by atoms with Gasteiger partial charge in [-0.1, -0.05) is 72.3 Å². The summed E-state index contributed by atoms with van der Waals surface area (Å²) in [4.78, 5) is 12.8. The number of amides is 1. The van der Waals surface area contributed by atoms with Gasteiger partial charge in [-0.2, -0.15) is 5.26 Å². The molecule has 0 aliphatic rings. The molecule has 3 N–H and O–H groups in total. The normalized spacial score (nSPS) is 11.0. The van der Waals surface area contributed by atoms with Gasteiger partial charge in [0.1, 0.15) is 17.4 Å². The van der Waals surface area contributed by atoms with Gasteiger partial charge in [0.25, 0.3) is 5.91 Å². The van der Waals surface area contributed by atoms with E-state index in [0.29, 0.717) is 10.7 Å². The van der Waals surface area contributed by atoms with Gasteiger partial charge in [-0.25, -0.2) is 0 Å². The van der Waals surface area contributed by atoms with E-state index >= 15 is 0 Å². The molecule has 29 heavy (non-hydrogen) atoms. The van der Waals surface area contributed by atoms with Gasteiger partial charge in [-0.05, 0) is 29.3 Å². The Bertz CT molecular complexity index is 1020. The number of halogens is 1. The van der Waals surface area contributed by atoms with Crippen LogP contribution in [0.15, 0.2) is 90.6 Å². The monoisotopic (exact) mass is 403 g/mol. The molecule has 0 spiro atoms. The summed E-state index contributed by atoms with van der Waals surface area (Å²) in [5.74, 6) is -0.589. The molecular formula is C23H18ClN3O2. The quantitative estimate of drug-likeness (QED) is 0.314. The van der Waals surface area contributed by atoms with Crippen LogP contribution in [0, 0.1) is 11.3 Å². The van der Waals surface area contributed by atoms with Gasteiger partial charge >= 0.3 is 0 Å². The third kappa shape index (κ3) is 5.16. The number of nitriles is 1. The molecule has 0 aromatic heterocycles. The Labute approximate surface area is 173 Å². The molecule has 0 saturated heterocycles. The van der Waals surface area contributed by atoms with Crippen molar-refractivity contribution < 1.29 is 9.90 Å². The number of phenols is 1. The molecular weight excluding hydrogens is 386 g/mol. The largest absolute Gasteiger partial charge is 0.506 e.